The van der Waals surface area contributed by atoms with E-state index in [0.717, 1.165) is 4.90 Å². The lowest BCUT2D eigenvalue weighted by Gasteiger charge is -2.33. The molecule has 1 heterocycles. The maximum absolute atomic E-state index is 12.6. The lowest BCUT2D eigenvalue weighted by atomic mass is 9.78. The Morgan fingerprint density at radius 3 is 2.50 bits per heavy atom. The van der Waals surface area contributed by atoms with E-state index in [1.54, 1.807) is 40.7 Å². The highest BCUT2D eigenvalue weighted by Crippen LogP contribution is 2.39. The molecule has 1 rings (SSSR count). The first-order valence-corrected chi connectivity index (χ1v) is 7.83. The minimum atomic E-state index is -1.11. The molecular weight excluding hydrogens is 314 g/mol. The second-order valence-corrected chi connectivity index (χ2v) is 7.08. The van der Waals surface area contributed by atoms with Crippen molar-refractivity contribution in [1.82, 2.24) is 4.90 Å². The Morgan fingerprint density at radius 2 is 2.04 bits per heavy atom. The van der Waals surface area contributed by atoms with Crippen LogP contribution in [0, 0.1) is 5.41 Å². The second kappa shape index (κ2) is 7.34. The van der Waals surface area contributed by atoms with Crippen LogP contribution in [0.2, 0.25) is 0 Å². The number of esters is 1. The number of nitrogens with zero attached hydrogens (tertiary/aromatic N) is 1. The summed E-state index contributed by atoms with van der Waals surface area (Å²) in [6.07, 6.45) is 0.278. The van der Waals surface area contributed by atoms with Crippen molar-refractivity contribution in [3.05, 3.63) is 12.7 Å². The van der Waals surface area contributed by atoms with Gasteiger partial charge >= 0.3 is 12.1 Å². The molecule has 0 spiro atoms. The van der Waals surface area contributed by atoms with Gasteiger partial charge in [-0.25, -0.2) is 9.59 Å². The molecule has 0 aromatic carbocycles. The van der Waals surface area contributed by atoms with Crippen molar-refractivity contribution in [2.24, 2.45) is 5.41 Å². The van der Waals surface area contributed by atoms with Gasteiger partial charge in [-0.3, -0.25) is 9.69 Å². The van der Waals surface area contributed by atoms with Crippen LogP contribution in [0.5, 0.6) is 0 Å². The van der Waals surface area contributed by atoms with Gasteiger partial charge in [-0.2, -0.15) is 0 Å². The van der Waals surface area contributed by atoms with E-state index in [1.807, 2.05) is 0 Å². The van der Waals surface area contributed by atoms with Crippen LogP contribution in [0.4, 0.5) is 4.79 Å². The van der Waals surface area contributed by atoms with E-state index in [2.05, 4.69) is 6.58 Å². The van der Waals surface area contributed by atoms with Crippen LogP contribution in [0.25, 0.3) is 0 Å². The Balaban J connectivity index is 3.17. The maximum Gasteiger partial charge on any atom is 0.411 e. The molecule has 0 saturated carbocycles. The van der Waals surface area contributed by atoms with E-state index in [-0.39, 0.29) is 18.7 Å². The molecule has 0 bridgehead atoms. The number of carbonyl (C=O) groups excluding carboxylic acids is 3. The van der Waals surface area contributed by atoms with Gasteiger partial charge in [-0.15, -0.1) is 6.58 Å². The molecule has 1 aliphatic heterocycles. The van der Waals surface area contributed by atoms with Crippen LogP contribution in [-0.4, -0.2) is 54.3 Å². The third kappa shape index (κ3) is 4.35. The molecule has 0 aromatic heterocycles. The number of rotatable bonds is 5. The number of allylic oxidation sites excluding steroid dienone is 1. The quantitative estimate of drug-likeness (QED) is 0.433. The first kappa shape index (κ1) is 20.2. The molecular formula is C17H27NO6. The first-order chi connectivity index (χ1) is 11.0. The van der Waals surface area contributed by atoms with E-state index < -0.39 is 35.4 Å². The standard InChI is InChI=1S/C17H27NO6/c1-8-9-17(6)12(19)10-18(15(21)24-16(3,4)5)13(17)14(20)23-11(2)22-7/h8,11,13H,1,9-10H2,2-7H3/t11?,13-,17-/m1/s1. The van der Waals surface area contributed by atoms with Gasteiger partial charge in [0.1, 0.15) is 11.6 Å². The summed E-state index contributed by atoms with van der Waals surface area (Å²) >= 11 is 0. The van der Waals surface area contributed by atoms with Crippen LogP contribution in [0.15, 0.2) is 12.7 Å². The number of Topliss-reactive ketones (excluding diaryl/α,β-unsaturated/α-hetero) is 1. The number of amides is 1. The molecule has 1 unspecified atom stereocenters. The SMILES string of the molecule is C=CC[C@]1(C)C(=O)CN(C(=O)OC(C)(C)C)[C@@H]1C(=O)OC(C)OC. The zero-order valence-electron chi connectivity index (χ0n) is 15.3. The predicted molar refractivity (Wildman–Crippen MR) is 87.2 cm³/mol. The monoisotopic (exact) mass is 341 g/mol. The third-order valence-electron chi connectivity index (χ3n) is 3.90. The van der Waals surface area contributed by atoms with Gasteiger partial charge in [0.05, 0.1) is 12.0 Å². The van der Waals surface area contributed by atoms with Crippen molar-refractivity contribution in [2.45, 2.75) is 59.0 Å². The summed E-state index contributed by atoms with van der Waals surface area (Å²) in [7, 11) is 1.40. The number of hydrogen-bond acceptors (Lipinski definition) is 6. The number of ether oxygens (including phenoxy) is 3. The molecule has 136 valence electrons. The first-order valence-electron chi connectivity index (χ1n) is 7.83. The summed E-state index contributed by atoms with van der Waals surface area (Å²) in [6, 6.07) is -1.09. The lowest BCUT2D eigenvalue weighted by Crippen LogP contribution is -2.50. The highest BCUT2D eigenvalue weighted by Gasteiger charge is 2.57. The van der Waals surface area contributed by atoms with Gasteiger partial charge in [-0.05, 0) is 41.0 Å². The second-order valence-electron chi connectivity index (χ2n) is 7.08. The fraction of sp³-hybridized carbons (Fsp3) is 0.706. The molecule has 1 saturated heterocycles. The summed E-state index contributed by atoms with van der Waals surface area (Å²) < 4.78 is 15.4. The van der Waals surface area contributed by atoms with Crippen molar-refractivity contribution < 1.29 is 28.6 Å². The molecule has 1 amide bonds. The Labute approximate surface area is 142 Å². The van der Waals surface area contributed by atoms with E-state index >= 15 is 0 Å². The number of hydrogen-bond donors (Lipinski definition) is 0. The van der Waals surface area contributed by atoms with Gasteiger partial charge in [0, 0.05) is 7.11 Å². The summed E-state index contributed by atoms with van der Waals surface area (Å²) in [6.45, 7) is 11.8. The number of carbonyl (C=O) groups is 3. The topological polar surface area (TPSA) is 82.1 Å². The number of ketones is 1. The normalized spacial score (nSPS) is 25.3. The van der Waals surface area contributed by atoms with Crippen molar-refractivity contribution in [2.75, 3.05) is 13.7 Å². The average Bonchev–Trinajstić information content (AvgIpc) is 2.69. The third-order valence-corrected chi connectivity index (χ3v) is 3.90. The summed E-state index contributed by atoms with van der Waals surface area (Å²) in [5.41, 5.74) is -1.85. The highest BCUT2D eigenvalue weighted by atomic mass is 16.7. The van der Waals surface area contributed by atoms with Gasteiger partial charge in [-0.1, -0.05) is 6.08 Å². The van der Waals surface area contributed by atoms with Crippen molar-refractivity contribution in [1.29, 1.82) is 0 Å². The molecule has 1 fully saturated rings. The molecule has 1 aliphatic rings. The highest BCUT2D eigenvalue weighted by molar-refractivity contribution is 6.00. The van der Waals surface area contributed by atoms with E-state index in [1.165, 1.54) is 7.11 Å². The molecule has 0 N–H and O–H groups in total. The van der Waals surface area contributed by atoms with Gasteiger partial charge < -0.3 is 14.2 Å². The maximum atomic E-state index is 12.6. The minimum Gasteiger partial charge on any atom is -0.444 e. The zero-order chi connectivity index (χ0) is 18.7. The molecule has 7 heteroatoms. The average molecular weight is 341 g/mol. The lowest BCUT2D eigenvalue weighted by molar-refractivity contribution is -0.178. The molecule has 24 heavy (non-hydrogen) atoms. The van der Waals surface area contributed by atoms with Crippen LogP contribution >= 0.6 is 0 Å². The molecule has 3 atom stereocenters. The summed E-state index contributed by atoms with van der Waals surface area (Å²) in [5.74, 6) is -0.939. The number of methoxy groups -OCH3 is 1. The van der Waals surface area contributed by atoms with Crippen LogP contribution in [-0.2, 0) is 23.8 Å². The van der Waals surface area contributed by atoms with Crippen molar-refractivity contribution >= 4 is 17.8 Å². The van der Waals surface area contributed by atoms with E-state index in [0.29, 0.717) is 0 Å². The Bertz CT molecular complexity index is 524. The predicted octanol–water partition coefficient (Wildman–Crippen LogP) is 2.29. The Kier molecular flexibility index (Phi) is 6.16. The van der Waals surface area contributed by atoms with Gasteiger partial charge in [0.2, 0.25) is 0 Å². The molecule has 0 aromatic rings. The Morgan fingerprint density at radius 1 is 1.46 bits per heavy atom. The van der Waals surface area contributed by atoms with E-state index in [9.17, 15) is 14.4 Å². The van der Waals surface area contributed by atoms with Crippen molar-refractivity contribution in [3.8, 4) is 0 Å². The molecule has 0 aliphatic carbocycles. The van der Waals surface area contributed by atoms with Crippen molar-refractivity contribution in [3.63, 3.8) is 0 Å². The molecule has 7 nitrogen and oxygen atoms in total. The largest absolute Gasteiger partial charge is 0.444 e. The minimum absolute atomic E-state index is 0.208. The molecule has 0 radical (unpaired) electrons. The van der Waals surface area contributed by atoms with Crippen LogP contribution < -0.4 is 0 Å². The van der Waals surface area contributed by atoms with Gasteiger partial charge in [0.15, 0.2) is 12.1 Å². The van der Waals surface area contributed by atoms with Gasteiger partial charge in [0.25, 0.3) is 0 Å². The fourth-order valence-corrected chi connectivity index (χ4v) is 2.60. The van der Waals surface area contributed by atoms with E-state index in [4.69, 9.17) is 14.2 Å². The summed E-state index contributed by atoms with van der Waals surface area (Å²) in [5, 5.41) is 0. The van der Waals surface area contributed by atoms with Crippen LogP contribution in [0.1, 0.15) is 41.0 Å². The van der Waals surface area contributed by atoms with Crippen LogP contribution in [0.3, 0.4) is 0 Å². The number of likely N-dealkylation sites (tertiary alicyclic amines) is 1. The fourth-order valence-electron chi connectivity index (χ4n) is 2.60. The summed E-state index contributed by atoms with van der Waals surface area (Å²) in [4.78, 5) is 38.7. The smallest absolute Gasteiger partial charge is 0.411 e. The zero-order valence-corrected chi connectivity index (χ0v) is 15.3. The Hall–Kier alpha value is -1.89.